The molecule has 0 saturated carbocycles. The number of nitrogens with zero attached hydrogens (tertiary/aromatic N) is 4. The monoisotopic (exact) mass is 438 g/mol. The summed E-state index contributed by atoms with van der Waals surface area (Å²) in [6.45, 7) is 6.82. The molecule has 0 spiro atoms. The smallest absolute Gasteiger partial charge is 0.289 e. The minimum atomic E-state index is -0.526. The normalized spacial score (nSPS) is 26.0. The number of hydrogen-bond acceptors (Lipinski definition) is 6. The van der Waals surface area contributed by atoms with Crippen LogP contribution in [-0.2, 0) is 9.53 Å². The summed E-state index contributed by atoms with van der Waals surface area (Å²) in [6, 6.07) is 7.68. The highest BCUT2D eigenvalue weighted by atomic mass is 16.5. The lowest BCUT2D eigenvalue weighted by Crippen LogP contribution is -2.53. The Morgan fingerprint density at radius 2 is 1.94 bits per heavy atom. The van der Waals surface area contributed by atoms with Gasteiger partial charge in [-0.2, -0.15) is 0 Å². The highest BCUT2D eigenvalue weighted by molar-refractivity contribution is 5.93. The molecule has 8 heteroatoms. The van der Waals surface area contributed by atoms with Gasteiger partial charge in [-0.3, -0.25) is 9.59 Å². The Hall–Kier alpha value is -2.87. The number of likely N-dealkylation sites (tertiary alicyclic amines) is 1. The van der Waals surface area contributed by atoms with Crippen molar-refractivity contribution in [1.29, 1.82) is 0 Å². The maximum Gasteiger partial charge on any atom is 0.289 e. The number of amides is 2. The standard InChI is InChI=1S/C24H30N4O4/c1-18-6-12-32-21(18)22(29)27-9-4-7-24(23(30)26-10-13-31-14-11-26)17-28(16-19(24)15-27)20-5-2-3-8-25-20/h2-3,5-6,8,12,19H,4,7,9-11,13-17H2,1H3/t19-,24-/m1/s1. The van der Waals surface area contributed by atoms with Crippen LogP contribution >= 0.6 is 0 Å². The third kappa shape index (κ3) is 3.66. The van der Waals surface area contributed by atoms with Crippen molar-refractivity contribution >= 4 is 17.6 Å². The zero-order chi connectivity index (χ0) is 22.1. The van der Waals surface area contributed by atoms with Crippen LogP contribution in [-0.4, -0.2) is 79.1 Å². The van der Waals surface area contributed by atoms with E-state index in [1.54, 1.807) is 12.5 Å². The zero-order valence-corrected chi connectivity index (χ0v) is 18.5. The number of carbonyl (C=O) groups excluding carboxylic acids is 2. The van der Waals surface area contributed by atoms with E-state index >= 15 is 0 Å². The van der Waals surface area contributed by atoms with Crippen LogP contribution in [0.4, 0.5) is 5.82 Å². The number of rotatable bonds is 3. The van der Waals surface area contributed by atoms with Crippen molar-refractivity contribution in [2.45, 2.75) is 19.8 Å². The van der Waals surface area contributed by atoms with Crippen LogP contribution in [0, 0.1) is 18.3 Å². The number of ether oxygens (including phenoxy) is 1. The summed E-state index contributed by atoms with van der Waals surface area (Å²) in [5, 5.41) is 0. The molecule has 2 atom stereocenters. The molecule has 0 radical (unpaired) electrons. The van der Waals surface area contributed by atoms with Crippen LogP contribution in [0.15, 0.2) is 41.1 Å². The van der Waals surface area contributed by atoms with Crippen LogP contribution < -0.4 is 4.90 Å². The Balaban J connectivity index is 1.45. The lowest BCUT2D eigenvalue weighted by Gasteiger charge is -2.38. The predicted octanol–water partition coefficient (Wildman–Crippen LogP) is 2.20. The van der Waals surface area contributed by atoms with Crippen molar-refractivity contribution < 1.29 is 18.7 Å². The number of fused-ring (bicyclic) bond motifs is 1. The number of furan rings is 1. The molecule has 170 valence electrons. The molecule has 32 heavy (non-hydrogen) atoms. The van der Waals surface area contributed by atoms with E-state index < -0.39 is 5.41 Å². The molecule has 5 heterocycles. The molecule has 3 fully saturated rings. The number of anilines is 1. The summed E-state index contributed by atoms with van der Waals surface area (Å²) in [4.78, 5) is 37.8. The summed E-state index contributed by atoms with van der Waals surface area (Å²) in [5.41, 5.74) is 0.318. The first kappa shape index (κ1) is 21.0. The molecule has 2 aromatic heterocycles. The van der Waals surface area contributed by atoms with E-state index in [0.717, 1.165) is 24.2 Å². The van der Waals surface area contributed by atoms with Gasteiger partial charge in [-0.1, -0.05) is 6.07 Å². The second-order valence-electron chi connectivity index (χ2n) is 9.11. The van der Waals surface area contributed by atoms with Crippen molar-refractivity contribution in [2.24, 2.45) is 11.3 Å². The number of pyridine rings is 1. The van der Waals surface area contributed by atoms with Crippen molar-refractivity contribution in [3.63, 3.8) is 0 Å². The van der Waals surface area contributed by atoms with Gasteiger partial charge in [0, 0.05) is 56.9 Å². The minimum Gasteiger partial charge on any atom is -0.459 e. The lowest BCUT2D eigenvalue weighted by atomic mass is 9.73. The fourth-order valence-corrected chi connectivity index (χ4v) is 5.50. The van der Waals surface area contributed by atoms with Gasteiger partial charge in [0.25, 0.3) is 5.91 Å². The second kappa shape index (κ2) is 8.58. The SMILES string of the molecule is Cc1ccoc1C(=O)N1CCC[C@@]2(C(=O)N3CCOCC3)CN(c3ccccn3)C[C@H]2C1. The first-order chi connectivity index (χ1) is 15.6. The van der Waals surface area contributed by atoms with Gasteiger partial charge in [-0.15, -0.1) is 0 Å². The van der Waals surface area contributed by atoms with Crippen LogP contribution in [0.1, 0.15) is 29.0 Å². The van der Waals surface area contributed by atoms with Gasteiger partial charge in [0.2, 0.25) is 5.91 Å². The summed E-state index contributed by atoms with van der Waals surface area (Å²) in [7, 11) is 0. The molecular formula is C24H30N4O4. The largest absolute Gasteiger partial charge is 0.459 e. The molecule has 0 N–H and O–H groups in total. The van der Waals surface area contributed by atoms with Crippen molar-refractivity contribution in [3.05, 3.63) is 48.0 Å². The highest BCUT2D eigenvalue weighted by Crippen LogP contribution is 2.45. The van der Waals surface area contributed by atoms with Crippen LogP contribution in [0.5, 0.6) is 0 Å². The Bertz CT molecular complexity index is 971. The fraction of sp³-hybridized carbons (Fsp3) is 0.542. The topological polar surface area (TPSA) is 79.1 Å². The van der Waals surface area contributed by atoms with Gasteiger partial charge in [0.05, 0.1) is 24.9 Å². The van der Waals surface area contributed by atoms with E-state index in [1.165, 1.54) is 0 Å². The number of hydrogen-bond donors (Lipinski definition) is 0. The average Bonchev–Trinajstić information content (AvgIpc) is 3.38. The number of aryl methyl sites for hydroxylation is 1. The van der Waals surface area contributed by atoms with E-state index in [1.807, 2.05) is 41.0 Å². The van der Waals surface area contributed by atoms with Gasteiger partial charge in [-0.25, -0.2) is 4.98 Å². The summed E-state index contributed by atoms with van der Waals surface area (Å²) in [5.74, 6) is 1.43. The Morgan fingerprint density at radius 1 is 1.09 bits per heavy atom. The molecule has 3 saturated heterocycles. The van der Waals surface area contributed by atoms with Gasteiger partial charge in [0.15, 0.2) is 5.76 Å². The van der Waals surface area contributed by atoms with Gasteiger partial charge < -0.3 is 23.9 Å². The van der Waals surface area contributed by atoms with E-state index in [2.05, 4.69) is 9.88 Å². The molecule has 0 unspecified atom stereocenters. The van der Waals surface area contributed by atoms with Crippen LogP contribution in [0.2, 0.25) is 0 Å². The molecule has 0 aliphatic carbocycles. The number of aromatic nitrogens is 1. The van der Waals surface area contributed by atoms with E-state index in [4.69, 9.17) is 9.15 Å². The number of carbonyl (C=O) groups is 2. The average molecular weight is 439 g/mol. The Kier molecular flexibility index (Phi) is 5.63. The summed E-state index contributed by atoms with van der Waals surface area (Å²) < 4.78 is 11.0. The van der Waals surface area contributed by atoms with E-state index in [0.29, 0.717) is 58.2 Å². The third-order valence-corrected chi connectivity index (χ3v) is 7.23. The number of morpholine rings is 1. The van der Waals surface area contributed by atoms with Crippen molar-refractivity contribution in [3.8, 4) is 0 Å². The van der Waals surface area contributed by atoms with Gasteiger partial charge in [-0.05, 0) is 38.0 Å². The third-order valence-electron chi connectivity index (χ3n) is 7.23. The Morgan fingerprint density at radius 3 is 2.66 bits per heavy atom. The molecule has 2 amide bonds. The zero-order valence-electron chi connectivity index (χ0n) is 18.5. The summed E-state index contributed by atoms with van der Waals surface area (Å²) >= 11 is 0. The maximum absolute atomic E-state index is 13.9. The quantitative estimate of drug-likeness (QED) is 0.731. The van der Waals surface area contributed by atoms with Crippen molar-refractivity contribution in [2.75, 3.05) is 57.4 Å². The van der Waals surface area contributed by atoms with Crippen LogP contribution in [0.3, 0.4) is 0 Å². The molecule has 2 aromatic rings. The highest BCUT2D eigenvalue weighted by Gasteiger charge is 2.55. The molecule has 3 aliphatic heterocycles. The van der Waals surface area contributed by atoms with Gasteiger partial charge in [0.1, 0.15) is 5.82 Å². The predicted molar refractivity (Wildman–Crippen MR) is 118 cm³/mol. The first-order valence-electron chi connectivity index (χ1n) is 11.4. The Labute approximate surface area is 188 Å². The fourth-order valence-electron chi connectivity index (χ4n) is 5.50. The molecule has 0 aromatic carbocycles. The summed E-state index contributed by atoms with van der Waals surface area (Å²) in [6.07, 6.45) is 4.90. The molecule has 8 nitrogen and oxygen atoms in total. The van der Waals surface area contributed by atoms with Crippen LogP contribution in [0.25, 0.3) is 0 Å². The maximum atomic E-state index is 13.9. The molecule has 3 aliphatic rings. The first-order valence-corrected chi connectivity index (χ1v) is 11.4. The van der Waals surface area contributed by atoms with E-state index in [-0.39, 0.29) is 17.7 Å². The minimum absolute atomic E-state index is 0.0292. The molecule has 5 rings (SSSR count). The molecular weight excluding hydrogens is 408 g/mol. The molecule has 0 bridgehead atoms. The van der Waals surface area contributed by atoms with Gasteiger partial charge >= 0.3 is 0 Å². The second-order valence-corrected chi connectivity index (χ2v) is 9.11. The lowest BCUT2D eigenvalue weighted by molar-refractivity contribution is -0.148. The van der Waals surface area contributed by atoms with Crippen molar-refractivity contribution in [1.82, 2.24) is 14.8 Å². The van der Waals surface area contributed by atoms with E-state index in [9.17, 15) is 9.59 Å².